The fourth-order valence-electron chi connectivity index (χ4n) is 6.03. The lowest BCUT2D eigenvalue weighted by Gasteiger charge is -2.42. The molecular weight excluding hydrogens is 462 g/mol. The van der Waals surface area contributed by atoms with Crippen LogP contribution in [-0.4, -0.2) is 77.2 Å². The maximum Gasteiger partial charge on any atom is 0.321 e. The number of nitrogens with one attached hydrogen (secondary N) is 2. The van der Waals surface area contributed by atoms with Gasteiger partial charge in [-0.05, 0) is 82.2 Å². The molecule has 1 aromatic carbocycles. The van der Waals surface area contributed by atoms with Gasteiger partial charge in [0.1, 0.15) is 5.82 Å². The summed E-state index contributed by atoms with van der Waals surface area (Å²) in [5.41, 5.74) is 3.17. The molecule has 37 heavy (non-hydrogen) atoms. The van der Waals surface area contributed by atoms with E-state index in [1.54, 1.807) is 0 Å². The highest BCUT2D eigenvalue weighted by Crippen LogP contribution is 2.24. The van der Waals surface area contributed by atoms with E-state index in [0.29, 0.717) is 12.1 Å². The first kappa shape index (κ1) is 25.8. The average molecular weight is 506 g/mol. The van der Waals surface area contributed by atoms with E-state index in [2.05, 4.69) is 44.5 Å². The van der Waals surface area contributed by atoms with E-state index in [0.717, 1.165) is 87.1 Å². The molecule has 3 saturated heterocycles. The van der Waals surface area contributed by atoms with Crippen LogP contribution in [0.2, 0.25) is 0 Å². The number of hydrogen-bond acceptors (Lipinski definition) is 6. The Kier molecular flexibility index (Phi) is 8.44. The van der Waals surface area contributed by atoms with Crippen molar-refractivity contribution in [2.75, 3.05) is 54.8 Å². The highest BCUT2D eigenvalue weighted by molar-refractivity contribution is 5.90. The number of anilines is 3. The van der Waals surface area contributed by atoms with E-state index in [4.69, 9.17) is 4.98 Å². The van der Waals surface area contributed by atoms with E-state index in [1.165, 1.54) is 32.1 Å². The molecule has 3 aliphatic heterocycles. The molecular formula is C29H43N7O. The van der Waals surface area contributed by atoms with Gasteiger partial charge in [0, 0.05) is 56.7 Å². The lowest BCUT2D eigenvalue weighted by molar-refractivity contribution is 0.0997. The van der Waals surface area contributed by atoms with Gasteiger partial charge in [0.25, 0.3) is 0 Å². The van der Waals surface area contributed by atoms with Crippen molar-refractivity contribution in [2.45, 2.75) is 77.3 Å². The molecule has 1 unspecified atom stereocenters. The standard InChI is InChI=1S/C29H43N7O/c1-22-9-10-23(2)26(20-22)32-29(37)35-18-12-25(13-19-35)36-17-7-8-24(21-36)31-28-30-14-11-27(33-28)34-15-5-3-4-6-16-34/h9-11,14,20,24-25H,3-8,12-13,15-19,21H2,1-2H3,(H,32,37)(H,30,31,33). The lowest BCUT2D eigenvalue weighted by Crippen LogP contribution is -2.52. The van der Waals surface area contributed by atoms with Crippen LogP contribution in [0.4, 0.5) is 22.2 Å². The summed E-state index contributed by atoms with van der Waals surface area (Å²) in [6.45, 7) is 10.0. The molecule has 3 aliphatic rings. The first-order chi connectivity index (χ1) is 18.0. The quantitative estimate of drug-likeness (QED) is 0.593. The molecule has 0 radical (unpaired) electrons. The van der Waals surface area contributed by atoms with Crippen molar-refractivity contribution < 1.29 is 4.79 Å². The van der Waals surface area contributed by atoms with E-state index in [9.17, 15) is 4.79 Å². The minimum Gasteiger partial charge on any atom is -0.356 e. The van der Waals surface area contributed by atoms with Gasteiger partial charge < -0.3 is 20.4 Å². The van der Waals surface area contributed by atoms with Crippen molar-refractivity contribution in [3.8, 4) is 0 Å². The summed E-state index contributed by atoms with van der Waals surface area (Å²) in [4.78, 5) is 29.3. The fraction of sp³-hybridized carbons (Fsp3) is 0.621. The average Bonchev–Trinajstić information content (AvgIpc) is 3.21. The molecule has 4 heterocycles. The van der Waals surface area contributed by atoms with Gasteiger partial charge >= 0.3 is 6.03 Å². The van der Waals surface area contributed by atoms with Gasteiger partial charge in [-0.1, -0.05) is 25.0 Å². The molecule has 3 fully saturated rings. The Morgan fingerprint density at radius 3 is 2.49 bits per heavy atom. The van der Waals surface area contributed by atoms with Crippen molar-refractivity contribution in [2.24, 2.45) is 0 Å². The maximum atomic E-state index is 12.9. The van der Waals surface area contributed by atoms with Crippen LogP contribution in [0.5, 0.6) is 0 Å². The summed E-state index contributed by atoms with van der Waals surface area (Å²) < 4.78 is 0. The van der Waals surface area contributed by atoms with E-state index in [-0.39, 0.29) is 6.03 Å². The van der Waals surface area contributed by atoms with E-state index in [1.807, 2.05) is 30.2 Å². The Bertz CT molecular complexity index is 1040. The Morgan fingerprint density at radius 2 is 1.70 bits per heavy atom. The molecule has 0 saturated carbocycles. The number of likely N-dealkylation sites (tertiary alicyclic amines) is 2. The highest BCUT2D eigenvalue weighted by atomic mass is 16.2. The normalized spacial score (nSPS) is 21.9. The molecule has 1 aromatic heterocycles. The number of carbonyl (C=O) groups is 1. The second kappa shape index (κ2) is 12.1. The molecule has 1 atom stereocenters. The summed E-state index contributed by atoms with van der Waals surface area (Å²) in [6.07, 6.45) is 11.4. The Labute approximate surface area is 221 Å². The first-order valence-electron chi connectivity index (χ1n) is 14.3. The summed E-state index contributed by atoms with van der Waals surface area (Å²) in [5.74, 6) is 1.81. The van der Waals surface area contributed by atoms with Gasteiger partial charge in [-0.25, -0.2) is 9.78 Å². The smallest absolute Gasteiger partial charge is 0.321 e. The molecule has 2 aromatic rings. The fourth-order valence-corrected chi connectivity index (χ4v) is 6.03. The van der Waals surface area contributed by atoms with Gasteiger partial charge in [0.15, 0.2) is 0 Å². The van der Waals surface area contributed by atoms with Gasteiger partial charge in [0.05, 0.1) is 0 Å². The summed E-state index contributed by atoms with van der Waals surface area (Å²) in [6, 6.07) is 9.15. The summed E-state index contributed by atoms with van der Waals surface area (Å²) in [7, 11) is 0. The van der Waals surface area contributed by atoms with Crippen molar-refractivity contribution in [3.05, 3.63) is 41.6 Å². The van der Waals surface area contributed by atoms with Gasteiger partial charge in [-0.2, -0.15) is 4.98 Å². The zero-order valence-corrected chi connectivity index (χ0v) is 22.6. The van der Waals surface area contributed by atoms with Crippen molar-refractivity contribution in [3.63, 3.8) is 0 Å². The second-order valence-electron chi connectivity index (χ2n) is 11.1. The number of rotatable bonds is 5. The minimum absolute atomic E-state index is 0.0202. The topological polar surface area (TPSA) is 76.6 Å². The van der Waals surface area contributed by atoms with Crippen molar-refractivity contribution >= 4 is 23.5 Å². The van der Waals surface area contributed by atoms with Crippen molar-refractivity contribution in [1.29, 1.82) is 0 Å². The van der Waals surface area contributed by atoms with Gasteiger partial charge in [-0.15, -0.1) is 0 Å². The SMILES string of the molecule is Cc1ccc(C)c(NC(=O)N2CCC(N3CCCC(Nc4nccc(N5CCCCCC5)n4)C3)CC2)c1. The number of hydrogen-bond donors (Lipinski definition) is 2. The van der Waals surface area contributed by atoms with Crippen LogP contribution in [0, 0.1) is 13.8 Å². The molecule has 8 heteroatoms. The molecule has 5 rings (SSSR count). The van der Waals surface area contributed by atoms with Crippen molar-refractivity contribution in [1.82, 2.24) is 19.8 Å². The summed E-state index contributed by atoms with van der Waals surface area (Å²) in [5, 5.41) is 6.77. The number of amides is 2. The third-order valence-electron chi connectivity index (χ3n) is 8.26. The molecule has 0 bridgehead atoms. The predicted molar refractivity (Wildman–Crippen MR) is 150 cm³/mol. The highest BCUT2D eigenvalue weighted by Gasteiger charge is 2.30. The van der Waals surface area contributed by atoms with Crippen LogP contribution in [0.25, 0.3) is 0 Å². The number of aryl methyl sites for hydroxylation is 2. The van der Waals surface area contributed by atoms with Crippen LogP contribution in [0.3, 0.4) is 0 Å². The summed E-state index contributed by atoms with van der Waals surface area (Å²) >= 11 is 0. The largest absolute Gasteiger partial charge is 0.356 e. The number of aromatic nitrogens is 2. The molecule has 8 nitrogen and oxygen atoms in total. The zero-order valence-electron chi connectivity index (χ0n) is 22.6. The Hall–Kier alpha value is -2.87. The minimum atomic E-state index is 0.0202. The second-order valence-corrected chi connectivity index (χ2v) is 11.1. The zero-order chi connectivity index (χ0) is 25.6. The third-order valence-corrected chi connectivity index (χ3v) is 8.26. The third kappa shape index (κ3) is 6.72. The van der Waals surface area contributed by atoms with Crippen LogP contribution < -0.4 is 15.5 Å². The van der Waals surface area contributed by atoms with E-state index >= 15 is 0 Å². The molecule has 0 spiro atoms. The van der Waals surface area contributed by atoms with Crippen LogP contribution in [0.1, 0.15) is 62.5 Å². The number of benzene rings is 1. The number of urea groups is 1. The van der Waals surface area contributed by atoms with Gasteiger partial charge in [-0.3, -0.25) is 4.90 Å². The molecule has 2 amide bonds. The molecule has 2 N–H and O–H groups in total. The molecule has 0 aliphatic carbocycles. The Morgan fingerprint density at radius 1 is 0.919 bits per heavy atom. The predicted octanol–water partition coefficient (Wildman–Crippen LogP) is 5.05. The van der Waals surface area contributed by atoms with Crippen LogP contribution in [0.15, 0.2) is 30.5 Å². The van der Waals surface area contributed by atoms with Gasteiger partial charge in [0.2, 0.25) is 5.95 Å². The first-order valence-corrected chi connectivity index (χ1v) is 14.3. The Balaban J connectivity index is 1.12. The lowest BCUT2D eigenvalue weighted by atomic mass is 9.98. The monoisotopic (exact) mass is 505 g/mol. The molecule has 200 valence electrons. The number of carbonyl (C=O) groups excluding carboxylic acids is 1. The maximum absolute atomic E-state index is 12.9. The van der Waals surface area contributed by atoms with Crippen LogP contribution in [-0.2, 0) is 0 Å². The van der Waals surface area contributed by atoms with Crippen LogP contribution >= 0.6 is 0 Å². The number of nitrogens with zero attached hydrogens (tertiary/aromatic N) is 5. The van der Waals surface area contributed by atoms with E-state index < -0.39 is 0 Å². The number of piperidine rings is 2.